The largest absolute Gasteiger partial charge is 0.508 e. The quantitative estimate of drug-likeness (QED) is 0.667. The number of epoxide rings is 1. The van der Waals surface area contributed by atoms with Crippen LogP contribution in [0.3, 0.4) is 0 Å². The van der Waals surface area contributed by atoms with E-state index in [0.29, 0.717) is 29.7 Å². The zero-order valence-corrected chi connectivity index (χ0v) is 14.6. The van der Waals surface area contributed by atoms with E-state index in [0.717, 1.165) is 38.5 Å². The molecule has 0 radical (unpaired) electrons. The van der Waals surface area contributed by atoms with Crippen LogP contribution in [0.1, 0.15) is 58.8 Å². The Labute approximate surface area is 143 Å². The van der Waals surface area contributed by atoms with Crippen LogP contribution < -0.4 is 0 Å². The van der Waals surface area contributed by atoms with Gasteiger partial charge in [0.1, 0.15) is 17.5 Å². The van der Waals surface area contributed by atoms with Gasteiger partial charge in [0.05, 0.1) is 17.7 Å². The maximum absolute atomic E-state index is 10.5. The van der Waals surface area contributed by atoms with Crippen molar-refractivity contribution in [3.8, 4) is 6.07 Å². The maximum Gasteiger partial charge on any atom is 0.146 e. The van der Waals surface area contributed by atoms with Crippen molar-refractivity contribution in [2.75, 3.05) is 0 Å². The van der Waals surface area contributed by atoms with Crippen LogP contribution >= 0.6 is 0 Å². The average molecular weight is 329 g/mol. The van der Waals surface area contributed by atoms with Gasteiger partial charge in [-0.3, -0.25) is 0 Å². The van der Waals surface area contributed by atoms with E-state index in [1.165, 1.54) is 0 Å². The summed E-state index contributed by atoms with van der Waals surface area (Å²) in [6.07, 6.45) is 6.65. The van der Waals surface area contributed by atoms with E-state index in [4.69, 9.17) is 4.74 Å². The molecule has 4 fully saturated rings. The summed E-state index contributed by atoms with van der Waals surface area (Å²) < 4.78 is 6.11. The van der Waals surface area contributed by atoms with Crippen LogP contribution in [-0.4, -0.2) is 28.0 Å². The van der Waals surface area contributed by atoms with Crippen molar-refractivity contribution < 1.29 is 14.9 Å². The van der Waals surface area contributed by atoms with Crippen LogP contribution in [-0.2, 0) is 4.74 Å². The minimum absolute atomic E-state index is 0.0489. The fourth-order valence-electron chi connectivity index (χ4n) is 7.50. The van der Waals surface area contributed by atoms with E-state index in [-0.39, 0.29) is 34.4 Å². The van der Waals surface area contributed by atoms with E-state index in [1.807, 2.05) is 0 Å². The molecule has 0 aromatic heterocycles. The molecule has 5 rings (SSSR count). The smallest absolute Gasteiger partial charge is 0.146 e. The van der Waals surface area contributed by atoms with Gasteiger partial charge in [0.2, 0.25) is 0 Å². The Morgan fingerprint density at radius 3 is 2.67 bits per heavy atom. The highest BCUT2D eigenvalue weighted by Gasteiger charge is 2.76. The Morgan fingerprint density at radius 1 is 1.12 bits per heavy atom. The molecule has 1 aliphatic heterocycles. The van der Waals surface area contributed by atoms with Gasteiger partial charge in [0.15, 0.2) is 0 Å². The second-order valence-electron chi connectivity index (χ2n) is 9.51. The highest BCUT2D eigenvalue weighted by atomic mass is 16.6. The molecule has 1 saturated heterocycles. The van der Waals surface area contributed by atoms with Crippen molar-refractivity contribution in [2.45, 2.75) is 76.6 Å². The van der Waals surface area contributed by atoms with Crippen molar-refractivity contribution in [2.24, 2.45) is 28.6 Å². The van der Waals surface area contributed by atoms with Crippen molar-refractivity contribution in [1.29, 1.82) is 5.26 Å². The monoisotopic (exact) mass is 329 g/mol. The molecule has 0 amide bonds. The minimum Gasteiger partial charge on any atom is -0.508 e. The van der Waals surface area contributed by atoms with Gasteiger partial charge in [-0.15, -0.1) is 0 Å². The van der Waals surface area contributed by atoms with Gasteiger partial charge in [-0.25, -0.2) is 0 Å². The Bertz CT molecular complexity index is 681. The zero-order valence-electron chi connectivity index (χ0n) is 14.6. The number of nitriles is 1. The molecule has 2 N–H and O–H groups in total. The van der Waals surface area contributed by atoms with E-state index in [2.05, 4.69) is 19.9 Å². The lowest BCUT2D eigenvalue weighted by atomic mass is 9.45. The summed E-state index contributed by atoms with van der Waals surface area (Å²) >= 11 is 0. The Hall–Kier alpha value is -1.05. The normalized spacial score (nSPS) is 58.2. The Kier molecular flexibility index (Phi) is 2.77. The van der Waals surface area contributed by atoms with E-state index in [9.17, 15) is 15.5 Å². The van der Waals surface area contributed by atoms with Crippen LogP contribution in [0.5, 0.6) is 0 Å². The molecule has 3 saturated carbocycles. The van der Waals surface area contributed by atoms with Gasteiger partial charge in [-0.2, -0.15) is 5.26 Å². The Balaban J connectivity index is 1.55. The first-order valence-corrected chi connectivity index (χ1v) is 9.55. The number of allylic oxidation sites excluding steroid dienone is 1. The SMILES string of the molecule is CC12CC[C@H]3C(CC[C@@]45O[C@@H]4C(O)=C(C#N)CC35C)[C@@H]1CC[C@@H]2O. The summed E-state index contributed by atoms with van der Waals surface area (Å²) in [5.41, 5.74) is 0.336. The molecule has 4 nitrogen and oxygen atoms in total. The molecule has 1 heterocycles. The predicted octanol–water partition coefficient (Wildman–Crippen LogP) is 3.47. The summed E-state index contributed by atoms with van der Waals surface area (Å²) in [5.74, 6) is 1.96. The summed E-state index contributed by atoms with van der Waals surface area (Å²) in [6, 6.07) is 2.23. The molecular formula is C20H27NO3. The van der Waals surface area contributed by atoms with Crippen LogP contribution in [0.4, 0.5) is 0 Å². The molecule has 1 spiro atoms. The number of aliphatic hydroxyl groups is 2. The standard InChI is InChI=1S/C20H27NO3/c1-18-7-6-14-12(13(18)3-4-15(18)22)5-8-20-17(24-20)16(23)11(10-21)9-19(14,20)2/h12-15,17,22-23H,3-9H2,1-2H3/t12?,13-,14-,15-,17+,18?,19?,20+/m0/s1. The number of hydrogen-bond acceptors (Lipinski definition) is 4. The molecule has 0 aromatic rings. The highest BCUT2D eigenvalue weighted by Crippen LogP contribution is 2.73. The lowest BCUT2D eigenvalue weighted by molar-refractivity contribution is -0.116. The van der Waals surface area contributed by atoms with Crippen LogP contribution in [0.2, 0.25) is 0 Å². The first-order chi connectivity index (χ1) is 11.4. The third-order valence-corrected chi connectivity index (χ3v) is 8.95. The number of aliphatic hydroxyl groups excluding tert-OH is 2. The molecule has 130 valence electrons. The first kappa shape index (κ1) is 15.2. The van der Waals surface area contributed by atoms with Crippen molar-refractivity contribution in [3.05, 3.63) is 11.3 Å². The van der Waals surface area contributed by atoms with Crippen LogP contribution in [0.25, 0.3) is 0 Å². The fraction of sp³-hybridized carbons (Fsp3) is 0.850. The van der Waals surface area contributed by atoms with Gasteiger partial charge in [-0.05, 0) is 68.1 Å². The first-order valence-electron chi connectivity index (χ1n) is 9.55. The number of nitrogens with zero attached hydrogens (tertiary/aromatic N) is 1. The van der Waals surface area contributed by atoms with Gasteiger partial charge in [0, 0.05) is 5.41 Å². The zero-order chi connectivity index (χ0) is 16.9. The fourth-order valence-corrected chi connectivity index (χ4v) is 7.50. The second kappa shape index (κ2) is 4.37. The molecule has 5 aliphatic rings. The third-order valence-electron chi connectivity index (χ3n) is 8.95. The summed E-state index contributed by atoms with van der Waals surface area (Å²) in [5, 5.41) is 30.4. The summed E-state index contributed by atoms with van der Waals surface area (Å²) in [6.45, 7) is 4.60. The molecule has 24 heavy (non-hydrogen) atoms. The maximum atomic E-state index is 10.5. The molecule has 0 bridgehead atoms. The van der Waals surface area contributed by atoms with Crippen molar-refractivity contribution in [3.63, 3.8) is 0 Å². The van der Waals surface area contributed by atoms with Gasteiger partial charge >= 0.3 is 0 Å². The van der Waals surface area contributed by atoms with Crippen LogP contribution in [0, 0.1) is 39.9 Å². The lowest BCUT2D eigenvalue weighted by Crippen LogP contribution is -2.57. The van der Waals surface area contributed by atoms with Crippen LogP contribution in [0.15, 0.2) is 11.3 Å². The predicted molar refractivity (Wildman–Crippen MR) is 87.9 cm³/mol. The van der Waals surface area contributed by atoms with Gasteiger partial charge in [-0.1, -0.05) is 13.8 Å². The topological polar surface area (TPSA) is 76.8 Å². The Morgan fingerprint density at radius 2 is 1.92 bits per heavy atom. The third kappa shape index (κ3) is 1.48. The number of fused-ring (bicyclic) bond motifs is 4. The van der Waals surface area contributed by atoms with Crippen molar-refractivity contribution >= 4 is 0 Å². The average Bonchev–Trinajstić information content (AvgIpc) is 3.23. The van der Waals surface area contributed by atoms with E-state index < -0.39 is 0 Å². The molecular weight excluding hydrogens is 302 g/mol. The second-order valence-corrected chi connectivity index (χ2v) is 9.51. The van der Waals surface area contributed by atoms with Gasteiger partial charge < -0.3 is 14.9 Å². The minimum atomic E-state index is -0.241. The van der Waals surface area contributed by atoms with E-state index >= 15 is 0 Å². The summed E-state index contributed by atoms with van der Waals surface area (Å²) in [4.78, 5) is 0. The molecule has 8 atom stereocenters. The number of ether oxygens (including phenoxy) is 1. The van der Waals surface area contributed by atoms with Crippen molar-refractivity contribution in [1.82, 2.24) is 0 Å². The molecule has 4 heteroatoms. The highest BCUT2D eigenvalue weighted by molar-refractivity contribution is 5.41. The molecule has 3 unspecified atom stereocenters. The van der Waals surface area contributed by atoms with Gasteiger partial charge in [0.25, 0.3) is 0 Å². The number of rotatable bonds is 0. The van der Waals surface area contributed by atoms with E-state index in [1.54, 1.807) is 0 Å². The lowest BCUT2D eigenvalue weighted by Gasteiger charge is -2.58. The summed E-state index contributed by atoms with van der Waals surface area (Å²) in [7, 11) is 0. The number of hydrogen-bond donors (Lipinski definition) is 2. The molecule has 0 aromatic carbocycles. The molecule has 4 aliphatic carbocycles.